The first-order valence-corrected chi connectivity index (χ1v) is 15.1. The highest BCUT2D eigenvalue weighted by Crippen LogP contribution is 2.56. The van der Waals surface area contributed by atoms with Gasteiger partial charge in [-0.25, -0.2) is 0 Å². The zero-order valence-electron chi connectivity index (χ0n) is 27.2. The predicted octanol–water partition coefficient (Wildman–Crippen LogP) is 6.70. The maximum absolute atomic E-state index is 7.02. The molecule has 0 aliphatic carbocycles. The number of hydrogen-bond donors (Lipinski definition) is 0. The molecule has 9 nitrogen and oxygen atoms in total. The molecule has 46 heavy (non-hydrogen) atoms. The third-order valence-electron chi connectivity index (χ3n) is 8.98. The lowest BCUT2D eigenvalue weighted by atomic mass is 9.77. The van der Waals surface area contributed by atoms with E-state index in [1.165, 1.54) is 0 Å². The minimum Gasteiger partial charge on any atom is -0.497 e. The van der Waals surface area contributed by atoms with Crippen molar-refractivity contribution in [3.05, 3.63) is 101 Å². The Balaban J connectivity index is 1.57. The number of fused-ring (bicyclic) bond motifs is 2. The van der Waals surface area contributed by atoms with E-state index in [1.807, 2.05) is 72.8 Å². The Morgan fingerprint density at radius 1 is 0.565 bits per heavy atom. The number of methoxy groups -OCH3 is 7. The zero-order valence-corrected chi connectivity index (χ0v) is 27.2. The average molecular weight is 629 g/mol. The summed E-state index contributed by atoms with van der Waals surface area (Å²) < 4.78 is 54.6. The maximum Gasteiger partial charge on any atom is 0.151 e. The summed E-state index contributed by atoms with van der Waals surface area (Å²) >= 11 is 0. The molecule has 5 atom stereocenters. The monoisotopic (exact) mass is 628 g/mol. The highest BCUT2D eigenvalue weighted by Gasteiger charge is 2.46. The fourth-order valence-corrected chi connectivity index (χ4v) is 6.63. The van der Waals surface area contributed by atoms with Gasteiger partial charge in [-0.05, 0) is 41.5 Å². The highest BCUT2D eigenvalue weighted by molar-refractivity contribution is 5.64. The Kier molecular flexibility index (Phi) is 9.15. The van der Waals surface area contributed by atoms with Crippen LogP contribution < -0.4 is 33.2 Å². The van der Waals surface area contributed by atoms with Gasteiger partial charge in [-0.1, -0.05) is 30.3 Å². The van der Waals surface area contributed by atoms with E-state index in [1.54, 1.807) is 49.8 Å². The molecule has 2 aliphatic heterocycles. The van der Waals surface area contributed by atoms with Crippen LogP contribution in [0.15, 0.2) is 72.8 Å². The van der Waals surface area contributed by atoms with Gasteiger partial charge in [0.1, 0.15) is 52.5 Å². The minimum atomic E-state index is -0.476. The molecule has 0 spiro atoms. The summed E-state index contributed by atoms with van der Waals surface area (Å²) in [5.41, 5.74) is 4.55. The van der Waals surface area contributed by atoms with E-state index in [0.717, 1.165) is 39.3 Å². The SMILES string of the molecule is COc1ccc([C@H]2Oc3cc(OC)ccc3[C@@H](c3c(OC)cc(OC)c4c3O[C@H](c3ccc(OC)cc3)[C@@H](OC)C4)[C@@H]2OC)cc1. The molecular formula is C37H40O9. The van der Waals surface area contributed by atoms with Crippen molar-refractivity contribution in [3.63, 3.8) is 0 Å². The molecule has 2 heterocycles. The van der Waals surface area contributed by atoms with Crippen molar-refractivity contribution in [2.24, 2.45) is 0 Å². The molecule has 6 rings (SSSR count). The van der Waals surface area contributed by atoms with Crippen LogP contribution in [0.2, 0.25) is 0 Å². The summed E-state index contributed by atoms with van der Waals surface area (Å²) in [6.45, 7) is 0. The van der Waals surface area contributed by atoms with E-state index in [2.05, 4.69) is 0 Å². The van der Waals surface area contributed by atoms with Gasteiger partial charge in [0, 0.05) is 49.5 Å². The quantitative estimate of drug-likeness (QED) is 0.191. The van der Waals surface area contributed by atoms with Gasteiger partial charge in [-0.15, -0.1) is 0 Å². The molecule has 0 radical (unpaired) electrons. The van der Waals surface area contributed by atoms with Crippen molar-refractivity contribution in [2.45, 2.75) is 36.8 Å². The Hall–Kier alpha value is -4.60. The number of rotatable bonds is 10. The number of hydrogen-bond acceptors (Lipinski definition) is 9. The van der Waals surface area contributed by atoms with Crippen LogP contribution in [0.5, 0.6) is 40.2 Å². The fraction of sp³-hybridized carbons (Fsp3) is 0.351. The second kappa shape index (κ2) is 13.4. The Morgan fingerprint density at radius 2 is 1.15 bits per heavy atom. The lowest BCUT2D eigenvalue weighted by Gasteiger charge is -2.42. The topological polar surface area (TPSA) is 83.1 Å². The van der Waals surface area contributed by atoms with Gasteiger partial charge in [0.2, 0.25) is 0 Å². The van der Waals surface area contributed by atoms with Crippen LogP contribution in [0.4, 0.5) is 0 Å². The second-order valence-electron chi connectivity index (χ2n) is 11.2. The summed E-state index contributed by atoms with van der Waals surface area (Å²) in [5.74, 6) is 4.47. The molecule has 4 aromatic rings. The summed E-state index contributed by atoms with van der Waals surface area (Å²) in [4.78, 5) is 0. The molecule has 0 saturated heterocycles. The van der Waals surface area contributed by atoms with Crippen molar-refractivity contribution in [3.8, 4) is 40.2 Å². The Bertz CT molecular complexity index is 1650. The van der Waals surface area contributed by atoms with Crippen molar-refractivity contribution >= 4 is 0 Å². The lowest BCUT2D eigenvalue weighted by molar-refractivity contribution is -0.0279. The summed E-state index contributed by atoms with van der Waals surface area (Å²) in [5, 5.41) is 0. The molecule has 0 N–H and O–H groups in total. The smallest absolute Gasteiger partial charge is 0.151 e. The molecule has 242 valence electrons. The summed E-state index contributed by atoms with van der Waals surface area (Å²) in [7, 11) is 11.7. The van der Waals surface area contributed by atoms with Crippen molar-refractivity contribution in [1.82, 2.24) is 0 Å². The van der Waals surface area contributed by atoms with Gasteiger partial charge in [0.05, 0.1) is 41.5 Å². The predicted molar refractivity (Wildman–Crippen MR) is 172 cm³/mol. The van der Waals surface area contributed by atoms with E-state index in [0.29, 0.717) is 35.2 Å². The lowest BCUT2D eigenvalue weighted by Crippen LogP contribution is -2.38. The Morgan fingerprint density at radius 3 is 1.70 bits per heavy atom. The molecule has 0 unspecified atom stereocenters. The maximum atomic E-state index is 7.02. The largest absolute Gasteiger partial charge is 0.497 e. The van der Waals surface area contributed by atoms with Gasteiger partial charge < -0.3 is 42.6 Å². The molecule has 0 amide bonds. The van der Waals surface area contributed by atoms with Crippen LogP contribution >= 0.6 is 0 Å². The standard InChI is InChI=1S/C37H40O9/c1-38-23-12-8-21(9-13-23)34-31(43-6)19-27-28(41-4)20-30(42-5)33(36(27)46-34)32-26-17-16-25(40-3)18-29(26)45-35(37(32)44-7)22-10-14-24(39-2)15-11-22/h8-18,20,31-32,34-35,37H,19H2,1-7H3/t31-,32-,34+,35+,37-/m0/s1. The molecule has 0 aromatic heterocycles. The first-order chi connectivity index (χ1) is 22.5. The van der Waals surface area contributed by atoms with Gasteiger partial charge in [-0.3, -0.25) is 0 Å². The van der Waals surface area contributed by atoms with Crippen molar-refractivity contribution in [1.29, 1.82) is 0 Å². The molecule has 4 aromatic carbocycles. The van der Waals surface area contributed by atoms with E-state index >= 15 is 0 Å². The van der Waals surface area contributed by atoms with Crippen molar-refractivity contribution in [2.75, 3.05) is 49.8 Å². The first-order valence-electron chi connectivity index (χ1n) is 15.1. The number of ether oxygens (including phenoxy) is 9. The average Bonchev–Trinajstić information content (AvgIpc) is 3.12. The van der Waals surface area contributed by atoms with Gasteiger partial charge >= 0.3 is 0 Å². The molecule has 9 heteroatoms. The molecule has 0 bridgehead atoms. The minimum absolute atomic E-state index is 0.271. The second-order valence-corrected chi connectivity index (χ2v) is 11.2. The highest BCUT2D eigenvalue weighted by atomic mass is 16.6. The van der Waals surface area contributed by atoms with Crippen LogP contribution in [-0.4, -0.2) is 62.0 Å². The van der Waals surface area contributed by atoms with E-state index in [9.17, 15) is 0 Å². The van der Waals surface area contributed by atoms with Gasteiger partial charge in [0.15, 0.2) is 12.2 Å². The van der Waals surface area contributed by atoms with Crippen LogP contribution in [0.1, 0.15) is 45.9 Å². The van der Waals surface area contributed by atoms with E-state index < -0.39 is 18.3 Å². The van der Waals surface area contributed by atoms with Crippen LogP contribution in [0, 0.1) is 0 Å². The van der Waals surface area contributed by atoms with Crippen LogP contribution in [0.3, 0.4) is 0 Å². The van der Waals surface area contributed by atoms with Gasteiger partial charge in [0.25, 0.3) is 0 Å². The Labute approximate surface area is 269 Å². The summed E-state index contributed by atoms with van der Waals surface area (Å²) in [6.07, 6.45) is -1.07. The third kappa shape index (κ3) is 5.54. The summed E-state index contributed by atoms with van der Waals surface area (Å²) in [6, 6.07) is 23.5. The van der Waals surface area contributed by atoms with E-state index in [-0.39, 0.29) is 12.0 Å². The third-order valence-corrected chi connectivity index (χ3v) is 8.98. The molecule has 2 aliphatic rings. The normalized spacial score (nSPS) is 21.6. The fourth-order valence-electron chi connectivity index (χ4n) is 6.63. The van der Waals surface area contributed by atoms with Crippen LogP contribution in [-0.2, 0) is 15.9 Å². The van der Waals surface area contributed by atoms with Crippen LogP contribution in [0.25, 0.3) is 0 Å². The first kappa shape index (κ1) is 31.4. The van der Waals surface area contributed by atoms with Gasteiger partial charge in [-0.2, -0.15) is 0 Å². The van der Waals surface area contributed by atoms with Crippen molar-refractivity contribution < 1.29 is 42.6 Å². The number of benzene rings is 4. The molecule has 0 saturated carbocycles. The van der Waals surface area contributed by atoms with E-state index in [4.69, 9.17) is 42.6 Å². The molecular weight excluding hydrogens is 588 g/mol. The zero-order chi connectivity index (χ0) is 32.4. The molecule has 0 fully saturated rings.